The molecule has 2 aromatic carbocycles. The number of halogens is 4. The average molecular weight is 468 g/mol. The van der Waals surface area contributed by atoms with Crippen LogP contribution in [0, 0.1) is 0 Å². The third kappa shape index (κ3) is 1.50. The zero-order valence-electron chi connectivity index (χ0n) is 7.82. The van der Waals surface area contributed by atoms with Crippen LogP contribution in [-0.4, -0.2) is 0 Å². The van der Waals surface area contributed by atoms with E-state index in [2.05, 4.69) is 88.0 Å². The van der Waals surface area contributed by atoms with Crippen LogP contribution in [0.4, 0.5) is 0 Å². The van der Waals surface area contributed by atoms with Gasteiger partial charge in [0.25, 0.3) is 0 Å². The van der Waals surface area contributed by atoms with Gasteiger partial charge in [0.2, 0.25) is 0 Å². The fourth-order valence-electron chi connectivity index (χ4n) is 2.02. The summed E-state index contributed by atoms with van der Waals surface area (Å²) in [5.41, 5.74) is 2.47. The Morgan fingerprint density at radius 3 is 2.31 bits per heavy atom. The van der Waals surface area contributed by atoms with Crippen LogP contribution in [0.2, 0.25) is 0 Å². The van der Waals surface area contributed by atoms with Crippen molar-refractivity contribution in [2.45, 2.75) is 0 Å². The second-order valence-electron chi connectivity index (χ2n) is 3.59. The molecule has 0 saturated carbocycles. The number of benzene rings is 2. The summed E-state index contributed by atoms with van der Waals surface area (Å²) in [6.45, 7) is 0. The van der Waals surface area contributed by atoms with Gasteiger partial charge in [0.05, 0.1) is 0 Å². The second kappa shape index (κ2) is 3.94. The number of rotatable bonds is 0. The van der Waals surface area contributed by atoms with E-state index in [1.165, 1.54) is 21.9 Å². The van der Waals surface area contributed by atoms with E-state index in [-0.39, 0.29) is 0 Å². The van der Waals surface area contributed by atoms with Crippen molar-refractivity contribution in [1.29, 1.82) is 0 Å². The van der Waals surface area contributed by atoms with Crippen LogP contribution in [0.15, 0.2) is 31.6 Å². The van der Waals surface area contributed by atoms with Gasteiger partial charge in [0.15, 0.2) is 0 Å². The van der Waals surface area contributed by atoms with E-state index in [1.54, 1.807) is 0 Å². The highest BCUT2D eigenvalue weighted by Gasteiger charge is 2.21. The molecule has 0 nitrogen and oxygen atoms in total. The average Bonchev–Trinajstić information content (AvgIpc) is 2.56. The first kappa shape index (κ1) is 11.5. The van der Waals surface area contributed by atoms with E-state index in [1.807, 2.05) is 0 Å². The lowest BCUT2D eigenvalue weighted by molar-refractivity contribution is 1.61. The van der Waals surface area contributed by atoms with Crippen LogP contribution in [0.25, 0.3) is 21.3 Å². The molecule has 3 rings (SSSR count). The number of hydrogen-bond donors (Lipinski definition) is 0. The molecule has 0 unspecified atom stereocenters. The van der Waals surface area contributed by atoms with Crippen LogP contribution in [0.5, 0.6) is 0 Å². The highest BCUT2D eigenvalue weighted by Crippen LogP contribution is 2.47. The molecule has 0 aliphatic heterocycles. The summed E-state index contributed by atoms with van der Waals surface area (Å²) in [7, 11) is 0. The fourth-order valence-corrected chi connectivity index (χ4v) is 4.88. The fraction of sp³-hybridized carbons (Fsp3) is 0. The maximum atomic E-state index is 3.62. The molecule has 1 aliphatic rings. The Bertz CT molecular complexity index is 656. The Labute approximate surface area is 127 Å². The van der Waals surface area contributed by atoms with Gasteiger partial charge < -0.3 is 0 Å². The highest BCUT2D eigenvalue weighted by molar-refractivity contribution is 9.15. The molecule has 0 saturated heterocycles. The molecule has 0 spiro atoms. The summed E-state index contributed by atoms with van der Waals surface area (Å²) in [5.74, 6) is 0. The van der Waals surface area contributed by atoms with Gasteiger partial charge in [-0.15, -0.1) is 0 Å². The van der Waals surface area contributed by atoms with Gasteiger partial charge in [-0.3, -0.25) is 0 Å². The monoisotopic (exact) mass is 464 g/mol. The third-order valence-electron chi connectivity index (χ3n) is 2.70. The van der Waals surface area contributed by atoms with Crippen LogP contribution >= 0.6 is 63.7 Å². The molecule has 2 aromatic rings. The summed E-state index contributed by atoms with van der Waals surface area (Å²) < 4.78 is 4.47. The lowest BCUT2D eigenvalue weighted by Crippen LogP contribution is -1.84. The number of hydrogen-bond acceptors (Lipinski definition) is 0. The van der Waals surface area contributed by atoms with Gasteiger partial charge >= 0.3 is 0 Å². The first-order valence-corrected chi connectivity index (χ1v) is 7.74. The second-order valence-corrected chi connectivity index (χ2v) is 7.01. The zero-order chi connectivity index (χ0) is 11.4. The largest absolute Gasteiger partial charge is 0.0521 e. The standard InChI is InChI=1S/C12H4Br4/c13-7-2-1-5-8(14)4-10(16)12-9(15)3-6(7)11(5)12/h1-4H. The van der Waals surface area contributed by atoms with E-state index < -0.39 is 0 Å². The van der Waals surface area contributed by atoms with Crippen molar-refractivity contribution in [2.24, 2.45) is 0 Å². The van der Waals surface area contributed by atoms with Crippen LogP contribution < -0.4 is 0 Å². The molecule has 80 valence electrons. The molecule has 0 fully saturated rings. The van der Waals surface area contributed by atoms with Crippen molar-refractivity contribution in [3.05, 3.63) is 42.7 Å². The quantitative estimate of drug-likeness (QED) is 0.424. The van der Waals surface area contributed by atoms with Gasteiger partial charge in [-0.05, 0) is 29.2 Å². The summed E-state index contributed by atoms with van der Waals surface area (Å²) >= 11 is 14.4. The summed E-state index contributed by atoms with van der Waals surface area (Å²) in [5, 5.41) is 2.52. The smallest absolute Gasteiger partial charge is 0.0276 e. The van der Waals surface area contributed by atoms with Crippen molar-refractivity contribution in [3.8, 4) is 0 Å². The molecular formula is C12H4Br4. The molecule has 0 radical (unpaired) electrons. The first-order chi connectivity index (χ1) is 7.59. The van der Waals surface area contributed by atoms with Gasteiger partial charge in [-0.1, -0.05) is 69.8 Å². The molecule has 0 heterocycles. The Morgan fingerprint density at radius 2 is 1.56 bits per heavy atom. The molecule has 0 N–H and O–H groups in total. The van der Waals surface area contributed by atoms with Crippen molar-refractivity contribution in [2.75, 3.05) is 0 Å². The molecule has 4 heteroatoms. The van der Waals surface area contributed by atoms with Crippen LogP contribution in [0.3, 0.4) is 0 Å². The molecule has 1 aliphatic carbocycles. The van der Waals surface area contributed by atoms with Crippen molar-refractivity contribution in [1.82, 2.24) is 0 Å². The maximum absolute atomic E-state index is 3.62. The normalized spacial score (nSPS) is 13.4. The summed E-state index contributed by atoms with van der Waals surface area (Å²) in [6, 6.07) is 6.31. The summed E-state index contributed by atoms with van der Waals surface area (Å²) in [4.78, 5) is 0. The minimum Gasteiger partial charge on any atom is -0.0521 e. The Hall–Kier alpha value is 0.360. The minimum absolute atomic E-state index is 1.10. The van der Waals surface area contributed by atoms with Crippen molar-refractivity contribution < 1.29 is 0 Å². The lowest BCUT2D eigenvalue weighted by atomic mass is 10.0. The minimum atomic E-state index is 1.10. The predicted octanol–water partition coefficient (Wildman–Crippen LogP) is 6.33. The molecule has 0 aromatic heterocycles. The predicted molar refractivity (Wildman–Crippen MR) is 83.8 cm³/mol. The van der Waals surface area contributed by atoms with Crippen molar-refractivity contribution in [3.63, 3.8) is 0 Å². The Balaban J connectivity index is 2.62. The van der Waals surface area contributed by atoms with Gasteiger partial charge in [0.1, 0.15) is 0 Å². The van der Waals surface area contributed by atoms with Gasteiger partial charge in [0, 0.05) is 28.9 Å². The first-order valence-electron chi connectivity index (χ1n) is 4.57. The molecule has 16 heavy (non-hydrogen) atoms. The van der Waals surface area contributed by atoms with E-state index >= 15 is 0 Å². The van der Waals surface area contributed by atoms with E-state index in [9.17, 15) is 0 Å². The Kier molecular flexibility index (Phi) is 2.82. The summed E-state index contributed by atoms with van der Waals surface area (Å²) in [6.07, 6.45) is 2.15. The molecule has 0 atom stereocenters. The molecule has 0 amide bonds. The van der Waals surface area contributed by atoms with Crippen LogP contribution in [-0.2, 0) is 0 Å². The highest BCUT2D eigenvalue weighted by atomic mass is 79.9. The van der Waals surface area contributed by atoms with Gasteiger partial charge in [-0.25, -0.2) is 0 Å². The van der Waals surface area contributed by atoms with Gasteiger partial charge in [-0.2, -0.15) is 0 Å². The van der Waals surface area contributed by atoms with E-state index in [0.29, 0.717) is 0 Å². The third-order valence-corrected chi connectivity index (χ3v) is 5.30. The van der Waals surface area contributed by atoms with Crippen molar-refractivity contribution >= 4 is 85.1 Å². The van der Waals surface area contributed by atoms with Crippen LogP contribution in [0.1, 0.15) is 11.1 Å². The Morgan fingerprint density at radius 1 is 0.812 bits per heavy atom. The topological polar surface area (TPSA) is 0 Å². The van der Waals surface area contributed by atoms with E-state index in [0.717, 1.165) is 17.9 Å². The molecule has 0 bridgehead atoms. The maximum Gasteiger partial charge on any atom is 0.0276 e. The lowest BCUT2D eigenvalue weighted by Gasteiger charge is -2.08. The van der Waals surface area contributed by atoms with E-state index in [4.69, 9.17) is 0 Å². The molecular weight excluding hydrogens is 464 g/mol. The zero-order valence-corrected chi connectivity index (χ0v) is 14.2. The SMILES string of the molecule is BrC1=Cc2c(Br)ccc3c(Br)cc(Br)c1c23.